The minimum absolute atomic E-state index is 0.00243. The zero-order chi connectivity index (χ0) is 21.5. The molecule has 10 heteroatoms. The molecular formula is C20H20ClF2N3O4. The van der Waals surface area contributed by atoms with Crippen molar-refractivity contribution in [3.63, 3.8) is 0 Å². The Kier molecular flexibility index (Phi) is 5.44. The van der Waals surface area contributed by atoms with Crippen LogP contribution in [0.3, 0.4) is 0 Å². The number of hydrogen-bond donors (Lipinski definition) is 4. The van der Waals surface area contributed by atoms with Crippen LogP contribution in [0.15, 0.2) is 30.3 Å². The van der Waals surface area contributed by atoms with E-state index in [1.807, 2.05) is 0 Å². The highest BCUT2D eigenvalue weighted by Crippen LogP contribution is 2.34. The molecule has 7 nitrogen and oxygen atoms in total. The molecular weight excluding hydrogens is 420 g/mol. The molecule has 0 radical (unpaired) electrons. The number of rotatable bonds is 4. The summed E-state index contributed by atoms with van der Waals surface area (Å²) in [6, 6.07) is 6.32. The molecule has 2 amide bonds. The van der Waals surface area contributed by atoms with Crippen molar-refractivity contribution in [1.82, 2.24) is 5.32 Å². The van der Waals surface area contributed by atoms with E-state index < -0.39 is 29.4 Å². The summed E-state index contributed by atoms with van der Waals surface area (Å²) in [5.41, 5.74) is -0.854. The normalized spacial score (nSPS) is 23.4. The first kappa shape index (κ1) is 20.6. The van der Waals surface area contributed by atoms with Crippen LogP contribution >= 0.6 is 11.6 Å². The molecule has 4 N–H and O–H groups in total. The van der Waals surface area contributed by atoms with Crippen LogP contribution in [0, 0.1) is 11.6 Å². The van der Waals surface area contributed by atoms with Crippen LogP contribution in [-0.2, 0) is 6.54 Å². The van der Waals surface area contributed by atoms with Gasteiger partial charge in [0.25, 0.3) is 0 Å². The van der Waals surface area contributed by atoms with E-state index in [1.54, 1.807) is 11.0 Å². The first-order chi connectivity index (χ1) is 14.3. The van der Waals surface area contributed by atoms with Gasteiger partial charge in [0.05, 0.1) is 17.9 Å². The van der Waals surface area contributed by atoms with Gasteiger partial charge in [-0.1, -0.05) is 11.6 Å². The number of aliphatic hydroxyl groups excluding tert-OH is 1. The molecule has 1 saturated heterocycles. The summed E-state index contributed by atoms with van der Waals surface area (Å²) in [5, 5.41) is 26.7. The van der Waals surface area contributed by atoms with Crippen molar-refractivity contribution >= 4 is 29.0 Å². The standard InChI is InChI=1S/C20H20ClF2N3O4/c21-11-1-3-15(14(23)7-11)26-6-5-20(29,17(27)9-26)10-30-16-4-2-13(22)18-12(16)8-24-19(28)25-18/h1-4,7,17,27,29H,5-6,8-10H2,(H2,24,25,28)/t17-,20-/m1/s1. The molecule has 2 atom stereocenters. The molecule has 2 aliphatic rings. The number of carbonyl (C=O) groups excluding carboxylic acids is 1. The molecule has 2 heterocycles. The predicted octanol–water partition coefficient (Wildman–Crippen LogP) is 2.63. The molecule has 0 spiro atoms. The quantitative estimate of drug-likeness (QED) is 0.587. The number of urea groups is 1. The van der Waals surface area contributed by atoms with Crippen molar-refractivity contribution in [1.29, 1.82) is 0 Å². The topological polar surface area (TPSA) is 94.1 Å². The Balaban J connectivity index is 1.46. The minimum Gasteiger partial charge on any atom is -0.490 e. The molecule has 0 unspecified atom stereocenters. The number of aliphatic hydroxyl groups is 2. The van der Waals surface area contributed by atoms with Crippen LogP contribution in [0.5, 0.6) is 5.75 Å². The Morgan fingerprint density at radius 2 is 2.07 bits per heavy atom. The number of halogens is 3. The molecule has 160 valence electrons. The third-order valence-electron chi connectivity index (χ3n) is 5.44. The average Bonchev–Trinajstić information content (AvgIpc) is 2.70. The maximum absolute atomic E-state index is 14.2. The Labute approximate surface area is 176 Å². The Morgan fingerprint density at radius 3 is 2.80 bits per heavy atom. The summed E-state index contributed by atoms with van der Waals surface area (Å²) in [7, 11) is 0. The number of hydrogen-bond acceptors (Lipinski definition) is 5. The van der Waals surface area contributed by atoms with Gasteiger partial charge in [0, 0.05) is 23.7 Å². The fourth-order valence-electron chi connectivity index (χ4n) is 3.67. The molecule has 2 aromatic carbocycles. The van der Waals surface area contributed by atoms with Crippen LogP contribution in [0.2, 0.25) is 5.02 Å². The van der Waals surface area contributed by atoms with Crippen molar-refractivity contribution in [3.05, 3.63) is 52.6 Å². The van der Waals surface area contributed by atoms with Crippen molar-refractivity contribution < 1.29 is 28.5 Å². The zero-order valence-electron chi connectivity index (χ0n) is 15.8. The second-order valence-corrected chi connectivity index (χ2v) is 7.84. The summed E-state index contributed by atoms with van der Waals surface area (Å²) in [6.07, 6.45) is -1.09. The molecule has 0 saturated carbocycles. The van der Waals surface area contributed by atoms with Gasteiger partial charge in [0.2, 0.25) is 0 Å². The molecule has 2 aliphatic heterocycles. The van der Waals surface area contributed by atoms with Gasteiger partial charge in [0.15, 0.2) is 0 Å². The molecule has 30 heavy (non-hydrogen) atoms. The Morgan fingerprint density at radius 1 is 1.27 bits per heavy atom. The van der Waals surface area contributed by atoms with Crippen LogP contribution < -0.4 is 20.3 Å². The van der Waals surface area contributed by atoms with E-state index in [0.717, 1.165) is 6.07 Å². The van der Waals surface area contributed by atoms with Gasteiger partial charge in [-0.2, -0.15) is 0 Å². The third kappa shape index (κ3) is 3.88. The van der Waals surface area contributed by atoms with Crippen LogP contribution in [0.1, 0.15) is 12.0 Å². The smallest absolute Gasteiger partial charge is 0.319 e. The van der Waals surface area contributed by atoms with E-state index in [2.05, 4.69) is 10.6 Å². The number of carbonyl (C=O) groups is 1. The van der Waals surface area contributed by atoms with Gasteiger partial charge >= 0.3 is 6.03 Å². The fraction of sp³-hybridized carbons (Fsp3) is 0.350. The highest BCUT2D eigenvalue weighted by Gasteiger charge is 2.42. The Hall–Kier alpha value is -2.62. The number of ether oxygens (including phenoxy) is 1. The number of benzene rings is 2. The summed E-state index contributed by atoms with van der Waals surface area (Å²) in [6.45, 7) is 0.0994. The number of anilines is 2. The summed E-state index contributed by atoms with van der Waals surface area (Å²) >= 11 is 5.78. The maximum atomic E-state index is 14.2. The molecule has 0 bridgehead atoms. The van der Waals surface area contributed by atoms with Crippen LogP contribution in [0.25, 0.3) is 0 Å². The molecule has 0 aliphatic carbocycles. The fourth-order valence-corrected chi connectivity index (χ4v) is 3.82. The largest absolute Gasteiger partial charge is 0.490 e. The van der Waals surface area contributed by atoms with Crippen LogP contribution in [-0.4, -0.2) is 47.6 Å². The van der Waals surface area contributed by atoms with E-state index in [4.69, 9.17) is 16.3 Å². The predicted molar refractivity (Wildman–Crippen MR) is 107 cm³/mol. The molecule has 1 fully saturated rings. The van der Waals surface area contributed by atoms with Crippen LogP contribution in [0.4, 0.5) is 25.0 Å². The van der Waals surface area contributed by atoms with Crippen molar-refractivity contribution in [2.45, 2.75) is 24.7 Å². The number of fused-ring (bicyclic) bond motifs is 1. The van der Waals surface area contributed by atoms with Crippen molar-refractivity contribution in [3.8, 4) is 5.75 Å². The average molecular weight is 440 g/mol. The van der Waals surface area contributed by atoms with E-state index in [1.165, 1.54) is 18.2 Å². The monoisotopic (exact) mass is 439 g/mol. The molecule has 0 aromatic heterocycles. The van der Waals surface area contributed by atoms with Gasteiger partial charge in [-0.25, -0.2) is 13.6 Å². The van der Waals surface area contributed by atoms with E-state index in [9.17, 15) is 23.8 Å². The van der Waals surface area contributed by atoms with E-state index in [0.29, 0.717) is 5.56 Å². The zero-order valence-corrected chi connectivity index (χ0v) is 16.5. The lowest BCUT2D eigenvalue weighted by Crippen LogP contribution is -2.58. The first-order valence-corrected chi connectivity index (χ1v) is 9.74. The second kappa shape index (κ2) is 7.90. The lowest BCUT2D eigenvalue weighted by atomic mass is 9.89. The SMILES string of the molecule is O=C1NCc2c(OC[C@]3(O)CCN(c4ccc(Cl)cc4F)C[C@H]3O)ccc(F)c2N1. The summed E-state index contributed by atoms with van der Waals surface area (Å²) < 4.78 is 33.9. The first-order valence-electron chi connectivity index (χ1n) is 9.36. The highest BCUT2D eigenvalue weighted by atomic mass is 35.5. The van der Waals surface area contributed by atoms with E-state index >= 15 is 0 Å². The van der Waals surface area contributed by atoms with Gasteiger partial charge in [-0.15, -0.1) is 0 Å². The highest BCUT2D eigenvalue weighted by molar-refractivity contribution is 6.30. The number of amides is 2. The maximum Gasteiger partial charge on any atom is 0.319 e. The number of nitrogens with one attached hydrogen (secondary N) is 2. The molecule has 2 aromatic rings. The minimum atomic E-state index is -1.58. The lowest BCUT2D eigenvalue weighted by Gasteiger charge is -2.42. The number of piperidine rings is 1. The van der Waals surface area contributed by atoms with Gasteiger partial charge in [-0.3, -0.25) is 0 Å². The summed E-state index contributed by atoms with van der Waals surface area (Å²) in [5.74, 6) is -0.821. The second-order valence-electron chi connectivity index (χ2n) is 7.41. The lowest BCUT2D eigenvalue weighted by molar-refractivity contribution is -0.109. The van der Waals surface area contributed by atoms with Crippen molar-refractivity contribution in [2.24, 2.45) is 0 Å². The van der Waals surface area contributed by atoms with Gasteiger partial charge in [0.1, 0.15) is 35.7 Å². The van der Waals surface area contributed by atoms with Gasteiger partial charge in [-0.05, 0) is 36.8 Å². The number of nitrogens with zero attached hydrogens (tertiary/aromatic N) is 1. The Bertz CT molecular complexity index is 993. The van der Waals surface area contributed by atoms with Gasteiger partial charge < -0.3 is 30.5 Å². The summed E-state index contributed by atoms with van der Waals surface area (Å²) in [4.78, 5) is 13.1. The third-order valence-corrected chi connectivity index (χ3v) is 5.67. The van der Waals surface area contributed by atoms with E-state index in [-0.39, 0.29) is 54.8 Å². The number of β-amino-alcohol motifs (C(OH)–C–C–N with tert-alkyl or cyclic N) is 1. The van der Waals surface area contributed by atoms with Crippen molar-refractivity contribution in [2.75, 3.05) is 29.9 Å². The molecule has 4 rings (SSSR count).